The van der Waals surface area contributed by atoms with Crippen LogP contribution in [0.4, 0.5) is 17.1 Å². The third-order valence-electron chi connectivity index (χ3n) is 11.9. The van der Waals surface area contributed by atoms with E-state index in [4.69, 9.17) is 4.42 Å². The summed E-state index contributed by atoms with van der Waals surface area (Å²) in [4.78, 5) is 2.39. The lowest BCUT2D eigenvalue weighted by atomic mass is 9.93. The number of hydrogen-bond donors (Lipinski definition) is 0. The zero-order valence-corrected chi connectivity index (χ0v) is 32.1. The summed E-state index contributed by atoms with van der Waals surface area (Å²) in [7, 11) is 0. The summed E-state index contributed by atoms with van der Waals surface area (Å²) < 4.78 is 9.27. The van der Waals surface area contributed by atoms with Crippen LogP contribution >= 0.6 is 0 Å². The Labute approximate surface area is 341 Å². The Bertz CT molecular complexity index is 3520. The zero-order valence-electron chi connectivity index (χ0n) is 32.1. The van der Waals surface area contributed by atoms with E-state index in [1.807, 2.05) is 0 Å². The molecule has 2 heterocycles. The number of para-hydroxylation sites is 5. The van der Waals surface area contributed by atoms with E-state index in [1.54, 1.807) is 0 Å². The molecule has 12 rings (SSSR count). The first-order valence-electron chi connectivity index (χ1n) is 20.2. The van der Waals surface area contributed by atoms with Crippen LogP contribution in [0.3, 0.4) is 0 Å². The topological polar surface area (TPSA) is 21.3 Å². The summed E-state index contributed by atoms with van der Waals surface area (Å²) in [5.41, 5.74) is 12.9. The van der Waals surface area contributed by atoms with Gasteiger partial charge in [-0.3, -0.25) is 0 Å². The minimum Gasteiger partial charge on any atom is -0.455 e. The van der Waals surface area contributed by atoms with Gasteiger partial charge in [-0.25, -0.2) is 0 Å². The van der Waals surface area contributed by atoms with Gasteiger partial charge in [-0.2, -0.15) is 0 Å². The standard InChI is InChI=1S/C56H36N2O/c1-2-19-39(20-3-1)57(40-21-16-18-37(33-40)49-34-38-17-4-5-22-42(38)43-23-6-7-24-44(43)49)41-35-50(56-51(36-41)48-28-11-15-32-55(48)59-56)47-27-10-14-31-54(47)58-52-29-12-8-25-45(52)46-26-9-13-30-53(46)58/h1-36H. The van der Waals surface area contributed by atoms with Crippen molar-refractivity contribution in [2.45, 2.75) is 0 Å². The largest absolute Gasteiger partial charge is 0.455 e. The number of nitrogens with zero attached hydrogens (tertiary/aromatic N) is 2. The van der Waals surface area contributed by atoms with Crippen molar-refractivity contribution in [3.05, 3.63) is 218 Å². The van der Waals surface area contributed by atoms with E-state index in [2.05, 4.69) is 228 Å². The molecule has 0 atom stereocenters. The van der Waals surface area contributed by atoms with Crippen LogP contribution in [0.2, 0.25) is 0 Å². The molecule has 276 valence electrons. The quantitative estimate of drug-likeness (QED) is 0.158. The van der Waals surface area contributed by atoms with Crippen LogP contribution in [0.15, 0.2) is 223 Å². The second kappa shape index (κ2) is 13.4. The van der Waals surface area contributed by atoms with Crippen LogP contribution in [0, 0.1) is 0 Å². The highest BCUT2D eigenvalue weighted by Gasteiger charge is 2.23. The zero-order chi connectivity index (χ0) is 38.9. The Morgan fingerprint density at radius 3 is 1.75 bits per heavy atom. The van der Waals surface area contributed by atoms with Gasteiger partial charge in [-0.1, -0.05) is 152 Å². The molecule has 0 saturated carbocycles. The van der Waals surface area contributed by atoms with E-state index in [9.17, 15) is 0 Å². The van der Waals surface area contributed by atoms with Crippen molar-refractivity contribution in [2.75, 3.05) is 4.90 Å². The van der Waals surface area contributed by atoms with Gasteiger partial charge in [-0.15, -0.1) is 0 Å². The average Bonchev–Trinajstić information content (AvgIpc) is 3.85. The Balaban J connectivity index is 1.12. The van der Waals surface area contributed by atoms with Crippen molar-refractivity contribution < 1.29 is 4.42 Å². The van der Waals surface area contributed by atoms with Crippen LogP contribution in [-0.2, 0) is 0 Å². The number of benzene rings is 10. The first-order chi connectivity index (χ1) is 29.3. The van der Waals surface area contributed by atoms with E-state index in [0.29, 0.717) is 0 Å². The lowest BCUT2D eigenvalue weighted by molar-refractivity contribution is 0.670. The maximum atomic E-state index is 6.86. The van der Waals surface area contributed by atoms with Crippen molar-refractivity contribution in [3.63, 3.8) is 0 Å². The van der Waals surface area contributed by atoms with Gasteiger partial charge in [0, 0.05) is 49.7 Å². The molecule has 3 heteroatoms. The van der Waals surface area contributed by atoms with Gasteiger partial charge in [0.2, 0.25) is 0 Å². The number of fused-ring (bicyclic) bond motifs is 9. The normalized spacial score (nSPS) is 11.7. The number of hydrogen-bond acceptors (Lipinski definition) is 2. The van der Waals surface area contributed by atoms with Gasteiger partial charge >= 0.3 is 0 Å². The molecule has 0 bridgehead atoms. The lowest BCUT2D eigenvalue weighted by Crippen LogP contribution is -2.10. The third-order valence-corrected chi connectivity index (χ3v) is 11.9. The highest BCUT2D eigenvalue weighted by Crippen LogP contribution is 2.46. The predicted octanol–water partition coefficient (Wildman–Crippen LogP) is 15.8. The molecule has 12 aromatic rings. The van der Waals surface area contributed by atoms with Gasteiger partial charge in [0.05, 0.1) is 16.7 Å². The maximum Gasteiger partial charge on any atom is 0.143 e. The predicted molar refractivity (Wildman–Crippen MR) is 249 cm³/mol. The van der Waals surface area contributed by atoms with Gasteiger partial charge < -0.3 is 13.9 Å². The molecular weight excluding hydrogens is 717 g/mol. The summed E-state index contributed by atoms with van der Waals surface area (Å²) in [6, 6.07) is 78.7. The molecule has 0 saturated heterocycles. The van der Waals surface area contributed by atoms with Gasteiger partial charge in [-0.05, 0) is 99.4 Å². The smallest absolute Gasteiger partial charge is 0.143 e. The molecule has 0 amide bonds. The van der Waals surface area contributed by atoms with Crippen LogP contribution in [-0.4, -0.2) is 4.57 Å². The first kappa shape index (κ1) is 33.3. The highest BCUT2D eigenvalue weighted by atomic mass is 16.3. The van der Waals surface area contributed by atoms with Crippen LogP contribution in [0.25, 0.3) is 93.2 Å². The molecule has 0 aliphatic carbocycles. The fraction of sp³-hybridized carbons (Fsp3) is 0. The monoisotopic (exact) mass is 752 g/mol. The van der Waals surface area contributed by atoms with Crippen LogP contribution in [0.1, 0.15) is 0 Å². The number of aromatic nitrogens is 1. The van der Waals surface area contributed by atoms with Crippen molar-refractivity contribution in [2.24, 2.45) is 0 Å². The second-order valence-electron chi connectivity index (χ2n) is 15.3. The van der Waals surface area contributed by atoms with E-state index < -0.39 is 0 Å². The Kier molecular flexibility index (Phi) is 7.54. The third kappa shape index (κ3) is 5.29. The second-order valence-corrected chi connectivity index (χ2v) is 15.3. The first-order valence-corrected chi connectivity index (χ1v) is 20.2. The summed E-state index contributed by atoms with van der Waals surface area (Å²) in [5.74, 6) is 0. The molecule has 0 N–H and O–H groups in total. The molecule has 0 unspecified atom stereocenters. The summed E-state index contributed by atoms with van der Waals surface area (Å²) in [5, 5.41) is 9.62. The van der Waals surface area contributed by atoms with Gasteiger partial charge in [0.25, 0.3) is 0 Å². The summed E-state index contributed by atoms with van der Waals surface area (Å²) in [6.45, 7) is 0. The van der Waals surface area contributed by atoms with E-state index in [-0.39, 0.29) is 0 Å². The molecule has 3 nitrogen and oxygen atoms in total. The van der Waals surface area contributed by atoms with Gasteiger partial charge in [0.1, 0.15) is 11.2 Å². The number of furan rings is 1. The molecule has 0 radical (unpaired) electrons. The minimum absolute atomic E-state index is 0.867. The maximum absolute atomic E-state index is 6.86. The minimum atomic E-state index is 0.867. The molecule has 0 spiro atoms. The summed E-state index contributed by atoms with van der Waals surface area (Å²) >= 11 is 0. The molecular formula is C56H36N2O. The summed E-state index contributed by atoms with van der Waals surface area (Å²) in [6.07, 6.45) is 0. The molecule has 10 aromatic carbocycles. The van der Waals surface area contributed by atoms with Crippen molar-refractivity contribution in [1.82, 2.24) is 4.57 Å². The number of anilines is 3. The van der Waals surface area contributed by atoms with E-state index in [1.165, 1.54) is 48.9 Å². The van der Waals surface area contributed by atoms with Crippen LogP contribution < -0.4 is 4.90 Å². The molecule has 0 fully saturated rings. The molecule has 0 aliphatic rings. The van der Waals surface area contributed by atoms with Crippen LogP contribution in [0.5, 0.6) is 0 Å². The van der Waals surface area contributed by atoms with E-state index in [0.717, 1.165) is 61.4 Å². The average molecular weight is 753 g/mol. The van der Waals surface area contributed by atoms with Crippen molar-refractivity contribution in [3.8, 4) is 27.9 Å². The Morgan fingerprint density at radius 2 is 0.949 bits per heavy atom. The molecule has 59 heavy (non-hydrogen) atoms. The Hall–Kier alpha value is -7.88. The number of rotatable bonds is 6. The molecule has 2 aromatic heterocycles. The van der Waals surface area contributed by atoms with Gasteiger partial charge in [0.15, 0.2) is 0 Å². The fourth-order valence-corrected chi connectivity index (χ4v) is 9.35. The Morgan fingerprint density at radius 1 is 0.339 bits per heavy atom. The van der Waals surface area contributed by atoms with E-state index >= 15 is 0 Å². The SMILES string of the molecule is c1ccc(N(c2cccc(-c3cc4ccccc4c4ccccc34)c2)c2cc(-c3ccccc3-n3c4ccccc4c4ccccc43)c3oc4ccccc4c3c2)cc1. The highest BCUT2D eigenvalue weighted by molar-refractivity contribution is 6.15. The van der Waals surface area contributed by atoms with Crippen molar-refractivity contribution in [1.29, 1.82) is 0 Å². The van der Waals surface area contributed by atoms with Crippen molar-refractivity contribution >= 4 is 82.4 Å². The molecule has 0 aliphatic heterocycles. The lowest BCUT2D eigenvalue weighted by Gasteiger charge is -2.27. The fourth-order valence-electron chi connectivity index (χ4n) is 9.35.